The lowest BCUT2D eigenvalue weighted by atomic mass is 9.84. The summed E-state index contributed by atoms with van der Waals surface area (Å²) < 4.78 is 28.3. The molecule has 2 fully saturated rings. The summed E-state index contributed by atoms with van der Waals surface area (Å²) in [6.07, 6.45) is 3.89. The molecule has 5 atom stereocenters. The molecule has 0 saturated heterocycles. The average molecular weight is 429 g/mol. The monoisotopic (exact) mass is 428 g/mol. The number of amides is 1. The van der Waals surface area contributed by atoms with Crippen molar-refractivity contribution >= 4 is 33.5 Å². The van der Waals surface area contributed by atoms with Gasteiger partial charge in [-0.25, -0.2) is 18.4 Å². The van der Waals surface area contributed by atoms with Gasteiger partial charge in [-0.3, -0.25) is 4.79 Å². The first-order valence-corrected chi connectivity index (χ1v) is 11.3. The Balaban J connectivity index is 1.60. The summed E-state index contributed by atoms with van der Waals surface area (Å²) in [6, 6.07) is 3.64. The van der Waals surface area contributed by atoms with Crippen LogP contribution in [-0.4, -0.2) is 32.4 Å². The van der Waals surface area contributed by atoms with Crippen LogP contribution in [-0.2, 0) is 19.6 Å². The highest BCUT2D eigenvalue weighted by molar-refractivity contribution is 7.89. The second-order valence-electron chi connectivity index (χ2n) is 7.87. The number of rotatable bonds is 6. The van der Waals surface area contributed by atoms with Gasteiger partial charge in [0.2, 0.25) is 10.0 Å². The third-order valence-corrected chi connectivity index (χ3v) is 7.32. The van der Waals surface area contributed by atoms with E-state index < -0.39 is 22.1 Å². The van der Waals surface area contributed by atoms with Crippen LogP contribution < -0.4 is 10.5 Å². The van der Waals surface area contributed by atoms with Crippen molar-refractivity contribution in [3.05, 3.63) is 28.8 Å². The fourth-order valence-corrected chi connectivity index (χ4v) is 5.56. The largest absolute Gasteiger partial charge is 0.449 e. The fourth-order valence-electron chi connectivity index (χ4n) is 4.49. The summed E-state index contributed by atoms with van der Waals surface area (Å²) in [5, 5.41) is 7.95. The molecule has 0 heterocycles. The van der Waals surface area contributed by atoms with Gasteiger partial charge in [0.15, 0.2) is 6.10 Å². The van der Waals surface area contributed by atoms with Crippen molar-refractivity contribution in [3.63, 3.8) is 0 Å². The molecule has 0 aromatic heterocycles. The highest BCUT2D eigenvalue weighted by Gasteiger charge is 2.42. The number of hydrogen-bond donors (Lipinski definition) is 2. The quantitative estimate of drug-likeness (QED) is 0.675. The predicted molar refractivity (Wildman–Crippen MR) is 104 cm³/mol. The van der Waals surface area contributed by atoms with Gasteiger partial charge in [0.25, 0.3) is 5.91 Å². The number of fused-ring (bicyclic) bond motifs is 2. The van der Waals surface area contributed by atoms with Crippen molar-refractivity contribution in [1.29, 1.82) is 0 Å². The van der Waals surface area contributed by atoms with Crippen LogP contribution >= 0.6 is 11.6 Å². The standard InChI is InChI=1S/C19H25ClN2O5S/c1-10(15-8-12-3-4-13(15)7-12)22-18(23)11(2)27-19(24)14-5-6-16(20)17(9-14)28(21,25)26/h5-6,9-13,15H,3-4,7-8H2,1-2H3,(H,22,23)(H2,21,25,26)/t10-,11-,12-,13-,15-/m0/s1. The summed E-state index contributed by atoms with van der Waals surface area (Å²) in [6.45, 7) is 3.48. The zero-order valence-electron chi connectivity index (χ0n) is 15.9. The number of nitrogens with one attached hydrogen (secondary N) is 1. The van der Waals surface area contributed by atoms with E-state index in [-0.39, 0.29) is 27.4 Å². The molecule has 154 valence electrons. The molecular formula is C19H25ClN2O5S. The summed E-state index contributed by atoms with van der Waals surface area (Å²) in [7, 11) is -4.08. The van der Waals surface area contributed by atoms with Crippen LogP contribution in [0.15, 0.2) is 23.1 Å². The van der Waals surface area contributed by atoms with Gasteiger partial charge in [0.05, 0.1) is 10.6 Å². The number of benzene rings is 1. The van der Waals surface area contributed by atoms with Crippen LogP contribution in [0.5, 0.6) is 0 Å². The Kier molecular flexibility index (Phi) is 6.03. The van der Waals surface area contributed by atoms with E-state index in [0.717, 1.165) is 18.4 Å². The first kappa shape index (κ1) is 21.1. The van der Waals surface area contributed by atoms with Gasteiger partial charge in [-0.2, -0.15) is 0 Å². The summed E-state index contributed by atoms with van der Waals surface area (Å²) in [5.41, 5.74) is -0.0470. The first-order valence-electron chi connectivity index (χ1n) is 9.40. The van der Waals surface area contributed by atoms with Gasteiger partial charge in [0.1, 0.15) is 4.90 Å². The number of hydrogen-bond acceptors (Lipinski definition) is 5. The molecule has 3 rings (SSSR count). The molecule has 1 aromatic carbocycles. The summed E-state index contributed by atoms with van der Waals surface area (Å²) in [5.74, 6) is 0.728. The Morgan fingerprint density at radius 1 is 1.25 bits per heavy atom. The van der Waals surface area contributed by atoms with Gasteiger partial charge in [-0.1, -0.05) is 18.0 Å². The molecule has 3 N–H and O–H groups in total. The van der Waals surface area contributed by atoms with E-state index in [1.807, 2.05) is 6.92 Å². The molecule has 1 amide bonds. The van der Waals surface area contributed by atoms with Gasteiger partial charge in [-0.15, -0.1) is 0 Å². The average Bonchev–Trinajstić information content (AvgIpc) is 3.24. The second kappa shape index (κ2) is 8.00. The van der Waals surface area contributed by atoms with Crippen molar-refractivity contribution < 1.29 is 22.7 Å². The minimum Gasteiger partial charge on any atom is -0.449 e. The number of sulfonamides is 1. The molecule has 28 heavy (non-hydrogen) atoms. The molecular weight excluding hydrogens is 404 g/mol. The van der Waals surface area contributed by atoms with Crippen molar-refractivity contribution in [2.75, 3.05) is 0 Å². The number of ether oxygens (including phenoxy) is 1. The smallest absolute Gasteiger partial charge is 0.338 e. The fraction of sp³-hybridized carbons (Fsp3) is 0.579. The number of halogens is 1. The molecule has 2 saturated carbocycles. The highest BCUT2D eigenvalue weighted by atomic mass is 35.5. The molecule has 9 heteroatoms. The minimum atomic E-state index is -4.08. The van der Waals surface area contributed by atoms with E-state index >= 15 is 0 Å². The van der Waals surface area contributed by atoms with Gasteiger partial charge >= 0.3 is 5.97 Å². The lowest BCUT2D eigenvalue weighted by molar-refractivity contribution is -0.130. The second-order valence-corrected chi connectivity index (χ2v) is 9.81. The summed E-state index contributed by atoms with van der Waals surface area (Å²) in [4.78, 5) is 24.4. The van der Waals surface area contributed by atoms with E-state index in [1.165, 1.54) is 38.3 Å². The maximum absolute atomic E-state index is 12.4. The van der Waals surface area contributed by atoms with E-state index in [2.05, 4.69) is 5.32 Å². The zero-order chi connectivity index (χ0) is 20.6. The lowest BCUT2D eigenvalue weighted by Gasteiger charge is -2.29. The van der Waals surface area contributed by atoms with Gasteiger partial charge < -0.3 is 10.1 Å². The van der Waals surface area contributed by atoms with Crippen LogP contribution in [0, 0.1) is 17.8 Å². The van der Waals surface area contributed by atoms with E-state index in [9.17, 15) is 18.0 Å². The van der Waals surface area contributed by atoms with Crippen LogP contribution in [0.4, 0.5) is 0 Å². The Morgan fingerprint density at radius 3 is 2.54 bits per heavy atom. The molecule has 2 bridgehead atoms. The third kappa shape index (κ3) is 4.50. The topological polar surface area (TPSA) is 116 Å². The molecule has 2 aliphatic rings. The van der Waals surface area contributed by atoms with Crippen molar-refractivity contribution in [1.82, 2.24) is 5.32 Å². The molecule has 0 spiro atoms. The normalized spacial score (nSPS) is 25.9. The molecule has 0 aliphatic heterocycles. The maximum atomic E-state index is 12.4. The summed E-state index contributed by atoms with van der Waals surface area (Å²) >= 11 is 5.81. The molecule has 0 radical (unpaired) electrons. The lowest BCUT2D eigenvalue weighted by Crippen LogP contribution is -2.45. The van der Waals surface area contributed by atoms with Crippen LogP contribution in [0.1, 0.15) is 49.9 Å². The van der Waals surface area contributed by atoms with E-state index in [1.54, 1.807) is 0 Å². The Hall–Kier alpha value is -1.64. The predicted octanol–water partition coefficient (Wildman–Crippen LogP) is 2.47. The number of carbonyl (C=O) groups is 2. The maximum Gasteiger partial charge on any atom is 0.338 e. The van der Waals surface area contributed by atoms with Crippen LogP contribution in [0.3, 0.4) is 0 Å². The van der Waals surface area contributed by atoms with E-state index in [4.69, 9.17) is 21.5 Å². The van der Waals surface area contributed by atoms with Crippen LogP contribution in [0.25, 0.3) is 0 Å². The molecule has 0 unspecified atom stereocenters. The Bertz CT molecular complexity index is 888. The van der Waals surface area contributed by atoms with Crippen LogP contribution in [0.2, 0.25) is 5.02 Å². The van der Waals surface area contributed by atoms with Gasteiger partial charge in [-0.05, 0) is 69.1 Å². The van der Waals surface area contributed by atoms with Crippen molar-refractivity contribution in [2.45, 2.75) is 56.6 Å². The van der Waals surface area contributed by atoms with Crippen molar-refractivity contribution in [2.24, 2.45) is 22.9 Å². The SMILES string of the molecule is C[C@H](OC(=O)c1ccc(Cl)c(S(N)(=O)=O)c1)C(=O)N[C@@H](C)[C@@H]1C[C@H]2CC[C@H]1C2. The molecule has 1 aromatic rings. The van der Waals surface area contributed by atoms with E-state index in [0.29, 0.717) is 11.8 Å². The van der Waals surface area contributed by atoms with Gasteiger partial charge in [0, 0.05) is 6.04 Å². The number of nitrogens with two attached hydrogens (primary N) is 1. The Labute approximate surface area is 170 Å². The first-order chi connectivity index (χ1) is 13.1. The minimum absolute atomic E-state index is 0.0217. The number of carbonyl (C=O) groups excluding carboxylic acids is 2. The zero-order valence-corrected chi connectivity index (χ0v) is 17.4. The number of primary sulfonamides is 1. The number of esters is 1. The molecule has 7 nitrogen and oxygen atoms in total. The van der Waals surface area contributed by atoms with Crippen molar-refractivity contribution in [3.8, 4) is 0 Å². The Morgan fingerprint density at radius 2 is 1.96 bits per heavy atom. The molecule has 2 aliphatic carbocycles. The highest BCUT2D eigenvalue weighted by Crippen LogP contribution is 2.49. The third-order valence-electron chi connectivity index (χ3n) is 5.93.